The fraction of sp³-hybridized carbons (Fsp3) is 0.0625. The van der Waals surface area contributed by atoms with Crippen LogP contribution >= 0.6 is 46.4 Å². The maximum Gasteiger partial charge on any atom is 0.263 e. The number of hydrogen-bond donors (Lipinski definition) is 1. The fourth-order valence-corrected chi connectivity index (χ4v) is 3.48. The summed E-state index contributed by atoms with van der Waals surface area (Å²) >= 11 is 23.7. The summed E-state index contributed by atoms with van der Waals surface area (Å²) < 4.78 is 26.8. The Balaban J connectivity index is 1.89. The second kappa shape index (κ2) is 7.24. The Morgan fingerprint density at radius 3 is 1.96 bits per heavy atom. The summed E-state index contributed by atoms with van der Waals surface area (Å²) in [7, 11) is 0. The number of carbonyl (C=O) groups is 3. The van der Waals surface area contributed by atoms with Crippen LogP contribution < -0.4 is 5.32 Å². The summed E-state index contributed by atoms with van der Waals surface area (Å²) in [6, 6.07) is 2.44. The first kappa shape index (κ1) is 19.8. The molecule has 2 aromatic rings. The van der Waals surface area contributed by atoms with Crippen LogP contribution in [-0.4, -0.2) is 29.2 Å². The van der Waals surface area contributed by atoms with E-state index in [-0.39, 0.29) is 31.2 Å². The summed E-state index contributed by atoms with van der Waals surface area (Å²) in [5, 5.41) is 1.10. The molecule has 0 fully saturated rings. The van der Waals surface area contributed by atoms with Crippen LogP contribution in [0, 0.1) is 11.6 Å². The zero-order valence-electron chi connectivity index (χ0n) is 12.9. The van der Waals surface area contributed by atoms with Crippen LogP contribution in [-0.2, 0) is 4.79 Å². The van der Waals surface area contributed by atoms with Gasteiger partial charge in [0.15, 0.2) is 0 Å². The predicted molar refractivity (Wildman–Crippen MR) is 96.8 cm³/mol. The van der Waals surface area contributed by atoms with Crippen molar-refractivity contribution in [3.63, 3.8) is 0 Å². The number of nitrogens with zero attached hydrogens (tertiary/aromatic N) is 1. The van der Waals surface area contributed by atoms with Crippen molar-refractivity contribution in [1.82, 2.24) is 4.90 Å². The van der Waals surface area contributed by atoms with Gasteiger partial charge in [0.05, 0.1) is 36.9 Å². The maximum absolute atomic E-state index is 13.6. The number of imide groups is 1. The lowest BCUT2D eigenvalue weighted by Gasteiger charge is -2.14. The van der Waals surface area contributed by atoms with E-state index in [2.05, 4.69) is 5.32 Å². The zero-order chi connectivity index (χ0) is 20.0. The van der Waals surface area contributed by atoms with Gasteiger partial charge in [-0.25, -0.2) is 8.78 Å². The van der Waals surface area contributed by atoms with E-state index in [0.717, 1.165) is 18.2 Å². The molecule has 1 heterocycles. The smallest absolute Gasteiger partial charge is 0.263 e. The van der Waals surface area contributed by atoms with Crippen molar-refractivity contribution in [3.8, 4) is 0 Å². The molecular formula is C16H6Cl4F2N2O3. The monoisotopic (exact) mass is 452 g/mol. The Labute approximate surface area is 170 Å². The quantitative estimate of drug-likeness (QED) is 0.412. The number of carbonyl (C=O) groups excluding carboxylic acids is 3. The van der Waals surface area contributed by atoms with E-state index < -0.39 is 41.6 Å². The van der Waals surface area contributed by atoms with Crippen LogP contribution in [0.1, 0.15) is 20.7 Å². The minimum atomic E-state index is -0.946. The highest BCUT2D eigenvalue weighted by Crippen LogP contribution is 2.44. The first-order valence-corrected chi connectivity index (χ1v) is 8.61. The first-order valence-electron chi connectivity index (χ1n) is 7.10. The van der Waals surface area contributed by atoms with Crippen molar-refractivity contribution in [2.45, 2.75) is 0 Å². The number of hydrogen-bond acceptors (Lipinski definition) is 3. The minimum absolute atomic E-state index is 0.212. The van der Waals surface area contributed by atoms with E-state index in [9.17, 15) is 23.2 Å². The summed E-state index contributed by atoms with van der Waals surface area (Å²) in [5.41, 5.74) is -1.02. The molecule has 0 saturated heterocycles. The Hall–Kier alpha value is -1.93. The van der Waals surface area contributed by atoms with Crippen molar-refractivity contribution in [3.05, 3.63) is 61.1 Å². The molecule has 0 radical (unpaired) electrons. The molecule has 27 heavy (non-hydrogen) atoms. The van der Waals surface area contributed by atoms with Crippen molar-refractivity contribution in [1.29, 1.82) is 0 Å². The summed E-state index contributed by atoms with van der Waals surface area (Å²) in [6.07, 6.45) is 0. The molecule has 5 nitrogen and oxygen atoms in total. The fourth-order valence-electron chi connectivity index (χ4n) is 2.47. The molecule has 2 aromatic carbocycles. The second-order valence-electron chi connectivity index (χ2n) is 5.37. The number of anilines is 1. The Morgan fingerprint density at radius 2 is 1.44 bits per heavy atom. The average molecular weight is 454 g/mol. The average Bonchev–Trinajstić information content (AvgIpc) is 2.86. The molecule has 1 N–H and O–H groups in total. The Kier molecular flexibility index (Phi) is 5.31. The SMILES string of the molecule is O=C(CN1C(=O)c2c(Cl)c(Cl)c(Cl)c(Cl)c2C1=O)Nc1cc(F)ccc1F. The molecule has 3 amide bonds. The normalized spacial score (nSPS) is 13.2. The molecule has 0 unspecified atom stereocenters. The lowest BCUT2D eigenvalue weighted by atomic mass is 10.1. The second-order valence-corrected chi connectivity index (χ2v) is 6.89. The number of fused-ring (bicyclic) bond motifs is 1. The highest BCUT2D eigenvalue weighted by Gasteiger charge is 2.42. The maximum atomic E-state index is 13.6. The van der Waals surface area contributed by atoms with Gasteiger partial charge in [-0.05, 0) is 12.1 Å². The van der Waals surface area contributed by atoms with Crippen molar-refractivity contribution in [2.75, 3.05) is 11.9 Å². The Bertz CT molecular complexity index is 982. The third-order valence-corrected chi connectivity index (χ3v) is 5.49. The van der Waals surface area contributed by atoms with Gasteiger partial charge < -0.3 is 5.32 Å². The molecule has 1 aliphatic rings. The lowest BCUT2D eigenvalue weighted by molar-refractivity contribution is -0.116. The molecule has 0 spiro atoms. The standard InChI is InChI=1S/C16H6Cl4F2N2O3/c17-11-9-10(12(18)14(20)13(11)19)16(27)24(15(9)26)4-8(25)23-7-3-5(21)1-2-6(7)22/h1-3H,4H2,(H,23,25). The molecule has 0 bridgehead atoms. The van der Waals surface area contributed by atoms with Gasteiger partial charge in [-0.3, -0.25) is 19.3 Å². The molecule has 1 aliphatic heterocycles. The molecule has 3 rings (SSSR count). The van der Waals surface area contributed by atoms with Gasteiger partial charge >= 0.3 is 0 Å². The van der Waals surface area contributed by atoms with Gasteiger partial charge in [-0.1, -0.05) is 46.4 Å². The minimum Gasteiger partial charge on any atom is -0.322 e. The highest BCUT2D eigenvalue weighted by atomic mass is 35.5. The van der Waals surface area contributed by atoms with Crippen LogP contribution in [0.2, 0.25) is 20.1 Å². The number of nitrogens with one attached hydrogen (secondary N) is 1. The summed E-state index contributed by atoms with van der Waals surface area (Å²) in [6.45, 7) is -0.788. The van der Waals surface area contributed by atoms with Gasteiger partial charge in [0.1, 0.15) is 18.2 Å². The van der Waals surface area contributed by atoms with Gasteiger partial charge in [-0.15, -0.1) is 0 Å². The van der Waals surface area contributed by atoms with Gasteiger partial charge in [-0.2, -0.15) is 0 Å². The molecular weight excluding hydrogens is 448 g/mol. The molecule has 0 aromatic heterocycles. The van der Waals surface area contributed by atoms with Crippen molar-refractivity contribution >= 4 is 69.8 Å². The van der Waals surface area contributed by atoms with E-state index in [1.165, 1.54) is 0 Å². The third-order valence-electron chi connectivity index (χ3n) is 3.69. The van der Waals surface area contributed by atoms with Gasteiger partial charge in [0.2, 0.25) is 5.91 Å². The predicted octanol–water partition coefficient (Wildman–Crippen LogP) is 4.81. The lowest BCUT2D eigenvalue weighted by Crippen LogP contribution is -2.37. The van der Waals surface area contributed by atoms with Crippen LogP contribution in [0.4, 0.5) is 14.5 Å². The molecule has 140 valence electrons. The van der Waals surface area contributed by atoms with Crippen molar-refractivity contribution in [2.24, 2.45) is 0 Å². The Morgan fingerprint density at radius 1 is 0.926 bits per heavy atom. The van der Waals surface area contributed by atoms with E-state index in [1.807, 2.05) is 0 Å². The van der Waals surface area contributed by atoms with E-state index in [0.29, 0.717) is 4.90 Å². The molecule has 0 aliphatic carbocycles. The molecule has 0 atom stereocenters. The highest BCUT2D eigenvalue weighted by molar-refractivity contribution is 6.55. The van der Waals surface area contributed by atoms with E-state index in [4.69, 9.17) is 46.4 Å². The number of halogens is 6. The zero-order valence-corrected chi connectivity index (χ0v) is 15.9. The third kappa shape index (κ3) is 3.36. The van der Waals surface area contributed by atoms with Crippen molar-refractivity contribution < 1.29 is 23.2 Å². The van der Waals surface area contributed by atoms with Crippen LogP contribution in [0.3, 0.4) is 0 Å². The van der Waals surface area contributed by atoms with E-state index in [1.54, 1.807) is 0 Å². The van der Waals surface area contributed by atoms with Crippen LogP contribution in [0.25, 0.3) is 0 Å². The molecule has 0 saturated carbocycles. The number of amides is 3. The van der Waals surface area contributed by atoms with Gasteiger partial charge in [0, 0.05) is 6.07 Å². The molecule has 11 heteroatoms. The van der Waals surface area contributed by atoms with Crippen LogP contribution in [0.15, 0.2) is 18.2 Å². The van der Waals surface area contributed by atoms with E-state index >= 15 is 0 Å². The largest absolute Gasteiger partial charge is 0.322 e. The number of rotatable bonds is 3. The van der Waals surface area contributed by atoms with Crippen LogP contribution in [0.5, 0.6) is 0 Å². The first-order chi connectivity index (χ1) is 12.6. The number of benzene rings is 2. The van der Waals surface area contributed by atoms with Gasteiger partial charge in [0.25, 0.3) is 11.8 Å². The summed E-state index contributed by atoms with van der Waals surface area (Å²) in [5.74, 6) is -4.46. The topological polar surface area (TPSA) is 66.5 Å². The summed E-state index contributed by atoms with van der Waals surface area (Å²) in [4.78, 5) is 37.7.